The summed E-state index contributed by atoms with van der Waals surface area (Å²) in [6.45, 7) is 7.08. The largest absolute Gasteiger partial charge is 0.392 e. The summed E-state index contributed by atoms with van der Waals surface area (Å²) in [6, 6.07) is -0.727. The summed E-state index contributed by atoms with van der Waals surface area (Å²) in [7, 11) is 0. The summed E-state index contributed by atoms with van der Waals surface area (Å²) >= 11 is 0. The van der Waals surface area contributed by atoms with E-state index in [9.17, 15) is 14.7 Å². The molecule has 0 saturated carbocycles. The van der Waals surface area contributed by atoms with E-state index >= 15 is 0 Å². The summed E-state index contributed by atoms with van der Waals surface area (Å²) in [5.41, 5.74) is 0. The fourth-order valence-electron chi connectivity index (χ4n) is 1.84. The molecule has 5 heteroatoms. The van der Waals surface area contributed by atoms with Gasteiger partial charge in [0.15, 0.2) is 0 Å². The van der Waals surface area contributed by atoms with Crippen LogP contribution in [-0.2, 0) is 4.79 Å². The summed E-state index contributed by atoms with van der Waals surface area (Å²) < 4.78 is 0. The molecule has 0 spiro atoms. The van der Waals surface area contributed by atoms with Crippen molar-refractivity contribution in [3.63, 3.8) is 0 Å². The highest BCUT2D eigenvalue weighted by atomic mass is 16.3. The number of hydrogen-bond donors (Lipinski definition) is 1. The number of carbonyl (C=O) groups excluding carboxylic acids is 2. The van der Waals surface area contributed by atoms with Gasteiger partial charge in [-0.1, -0.05) is 0 Å². The van der Waals surface area contributed by atoms with Crippen molar-refractivity contribution in [3.8, 4) is 0 Å². The molecular formula is C10H18N2O3. The minimum absolute atomic E-state index is 0.00421. The molecular weight excluding hydrogens is 196 g/mol. The van der Waals surface area contributed by atoms with Crippen LogP contribution < -0.4 is 0 Å². The number of aliphatic hydroxyl groups is 1. The average Bonchev–Trinajstić information content (AvgIpc) is 2.29. The molecule has 0 radical (unpaired) electrons. The normalized spacial score (nSPS) is 24.3. The molecule has 0 aromatic carbocycles. The van der Waals surface area contributed by atoms with E-state index in [1.165, 1.54) is 4.90 Å². The first kappa shape index (κ1) is 12.0. The Bertz CT molecular complexity index is 276. The standard InChI is InChI=1S/C10H18N2O3/c1-6(2)12-8(4)9(14)11(10(12)15)5-7(3)13/h6-8,13H,5H2,1-4H3. The molecule has 0 aromatic rings. The number of amides is 3. The smallest absolute Gasteiger partial charge is 0.327 e. The highest BCUT2D eigenvalue weighted by molar-refractivity contribution is 6.04. The van der Waals surface area contributed by atoms with Crippen LogP contribution in [0.5, 0.6) is 0 Å². The highest BCUT2D eigenvalue weighted by Gasteiger charge is 2.43. The molecule has 86 valence electrons. The Hall–Kier alpha value is -1.10. The van der Waals surface area contributed by atoms with E-state index in [1.54, 1.807) is 13.8 Å². The van der Waals surface area contributed by atoms with Gasteiger partial charge >= 0.3 is 6.03 Å². The predicted octanol–water partition coefficient (Wildman–Crippen LogP) is 0.428. The van der Waals surface area contributed by atoms with Crippen molar-refractivity contribution >= 4 is 11.9 Å². The number of imide groups is 1. The zero-order valence-corrected chi connectivity index (χ0v) is 9.60. The van der Waals surface area contributed by atoms with E-state index in [-0.39, 0.29) is 24.5 Å². The minimum Gasteiger partial charge on any atom is -0.392 e. The highest BCUT2D eigenvalue weighted by Crippen LogP contribution is 2.20. The molecule has 1 fully saturated rings. The molecule has 15 heavy (non-hydrogen) atoms. The third kappa shape index (κ3) is 2.12. The Kier molecular flexibility index (Phi) is 3.34. The number of hydrogen-bond acceptors (Lipinski definition) is 3. The number of nitrogens with zero attached hydrogens (tertiary/aromatic N) is 2. The van der Waals surface area contributed by atoms with Gasteiger partial charge in [0.1, 0.15) is 6.04 Å². The topological polar surface area (TPSA) is 60.9 Å². The van der Waals surface area contributed by atoms with Gasteiger partial charge in [-0.25, -0.2) is 4.79 Å². The van der Waals surface area contributed by atoms with Crippen LogP contribution in [0, 0.1) is 0 Å². The van der Waals surface area contributed by atoms with E-state index in [1.807, 2.05) is 13.8 Å². The fraction of sp³-hybridized carbons (Fsp3) is 0.800. The third-order valence-corrected chi connectivity index (χ3v) is 2.50. The van der Waals surface area contributed by atoms with Gasteiger partial charge in [-0.15, -0.1) is 0 Å². The third-order valence-electron chi connectivity index (χ3n) is 2.50. The fourth-order valence-corrected chi connectivity index (χ4v) is 1.84. The SMILES string of the molecule is CC(O)CN1C(=O)C(C)N(C(C)C)C1=O. The van der Waals surface area contributed by atoms with Crippen LogP contribution in [0.4, 0.5) is 4.79 Å². The monoisotopic (exact) mass is 214 g/mol. The maximum atomic E-state index is 11.8. The lowest BCUT2D eigenvalue weighted by atomic mass is 10.2. The van der Waals surface area contributed by atoms with Gasteiger partial charge in [0, 0.05) is 6.04 Å². The summed E-state index contributed by atoms with van der Waals surface area (Å²) in [5.74, 6) is -0.227. The van der Waals surface area contributed by atoms with E-state index < -0.39 is 12.1 Å². The lowest BCUT2D eigenvalue weighted by molar-refractivity contribution is -0.128. The quantitative estimate of drug-likeness (QED) is 0.693. The Morgan fingerprint density at radius 1 is 1.33 bits per heavy atom. The van der Waals surface area contributed by atoms with Gasteiger partial charge in [-0.05, 0) is 27.7 Å². The Morgan fingerprint density at radius 2 is 1.87 bits per heavy atom. The number of β-amino-alcohol motifs (C(OH)–C–C–N with tert-alkyl or cyclic N) is 1. The molecule has 3 amide bonds. The van der Waals surface area contributed by atoms with Crippen LogP contribution in [0.15, 0.2) is 0 Å². The Morgan fingerprint density at radius 3 is 2.20 bits per heavy atom. The van der Waals surface area contributed by atoms with E-state index in [0.717, 1.165) is 4.90 Å². The van der Waals surface area contributed by atoms with Gasteiger partial charge in [0.2, 0.25) is 0 Å². The van der Waals surface area contributed by atoms with E-state index in [4.69, 9.17) is 0 Å². The van der Waals surface area contributed by atoms with E-state index in [2.05, 4.69) is 0 Å². The van der Waals surface area contributed by atoms with Crippen molar-refractivity contribution in [2.75, 3.05) is 6.54 Å². The Labute approximate surface area is 89.7 Å². The van der Waals surface area contributed by atoms with Gasteiger partial charge < -0.3 is 10.0 Å². The summed E-state index contributed by atoms with van der Waals surface area (Å²) in [6.07, 6.45) is -0.683. The van der Waals surface area contributed by atoms with Crippen molar-refractivity contribution in [2.45, 2.75) is 45.9 Å². The number of carbonyl (C=O) groups is 2. The molecule has 1 aliphatic heterocycles. The molecule has 0 aromatic heterocycles. The van der Waals surface area contributed by atoms with Crippen LogP contribution in [0.25, 0.3) is 0 Å². The van der Waals surface area contributed by atoms with Gasteiger partial charge in [0.05, 0.1) is 12.6 Å². The zero-order valence-electron chi connectivity index (χ0n) is 9.60. The number of aliphatic hydroxyl groups excluding tert-OH is 1. The second-order valence-corrected chi connectivity index (χ2v) is 4.26. The zero-order chi connectivity index (χ0) is 11.7. The van der Waals surface area contributed by atoms with Crippen molar-refractivity contribution in [3.05, 3.63) is 0 Å². The van der Waals surface area contributed by atoms with Crippen molar-refractivity contribution in [1.82, 2.24) is 9.80 Å². The van der Waals surface area contributed by atoms with Crippen molar-refractivity contribution in [2.24, 2.45) is 0 Å². The first-order valence-electron chi connectivity index (χ1n) is 5.18. The minimum atomic E-state index is -0.683. The molecule has 1 heterocycles. The maximum absolute atomic E-state index is 11.8. The maximum Gasteiger partial charge on any atom is 0.327 e. The van der Waals surface area contributed by atoms with Crippen LogP contribution in [-0.4, -0.2) is 51.6 Å². The van der Waals surface area contributed by atoms with Crippen LogP contribution in [0.1, 0.15) is 27.7 Å². The second-order valence-electron chi connectivity index (χ2n) is 4.26. The van der Waals surface area contributed by atoms with Gasteiger partial charge in [-0.3, -0.25) is 9.69 Å². The molecule has 5 nitrogen and oxygen atoms in total. The molecule has 1 N–H and O–H groups in total. The predicted molar refractivity (Wildman–Crippen MR) is 55.2 cm³/mol. The van der Waals surface area contributed by atoms with E-state index in [0.29, 0.717) is 0 Å². The molecule has 2 atom stereocenters. The van der Waals surface area contributed by atoms with Crippen LogP contribution in [0.2, 0.25) is 0 Å². The van der Waals surface area contributed by atoms with Gasteiger partial charge in [-0.2, -0.15) is 0 Å². The number of rotatable bonds is 3. The lowest BCUT2D eigenvalue weighted by Crippen LogP contribution is -2.40. The average molecular weight is 214 g/mol. The first-order valence-corrected chi connectivity index (χ1v) is 5.18. The molecule has 1 saturated heterocycles. The van der Waals surface area contributed by atoms with Crippen LogP contribution >= 0.6 is 0 Å². The van der Waals surface area contributed by atoms with Crippen LogP contribution in [0.3, 0.4) is 0 Å². The lowest BCUT2D eigenvalue weighted by Gasteiger charge is -2.23. The summed E-state index contributed by atoms with van der Waals surface area (Å²) in [5, 5.41) is 9.19. The summed E-state index contributed by atoms with van der Waals surface area (Å²) in [4.78, 5) is 26.2. The molecule has 0 aliphatic carbocycles. The molecule has 1 rings (SSSR count). The first-order chi connectivity index (χ1) is 6.86. The molecule has 0 bridgehead atoms. The molecule has 1 aliphatic rings. The van der Waals surface area contributed by atoms with Crippen molar-refractivity contribution < 1.29 is 14.7 Å². The number of urea groups is 1. The van der Waals surface area contributed by atoms with Gasteiger partial charge in [0.25, 0.3) is 5.91 Å². The second kappa shape index (κ2) is 4.18. The Balaban J connectivity index is 2.85. The molecule has 2 unspecified atom stereocenters. The van der Waals surface area contributed by atoms with Crippen molar-refractivity contribution in [1.29, 1.82) is 0 Å².